The summed E-state index contributed by atoms with van der Waals surface area (Å²) in [4.78, 5) is 24.6. The van der Waals surface area contributed by atoms with Crippen molar-refractivity contribution in [2.45, 2.75) is 13.0 Å². The van der Waals surface area contributed by atoms with E-state index in [1.165, 1.54) is 0 Å². The van der Waals surface area contributed by atoms with Crippen LogP contribution in [0, 0.1) is 0 Å². The van der Waals surface area contributed by atoms with E-state index in [1.807, 2.05) is 49.4 Å². The molecule has 0 spiro atoms. The Morgan fingerprint density at radius 3 is 2.33 bits per heavy atom. The molecule has 0 heterocycles. The second-order valence-corrected chi connectivity index (χ2v) is 6.82. The number of nitrogens with one attached hydrogen (secondary N) is 3. The lowest BCUT2D eigenvalue weighted by Crippen LogP contribution is -2.26. The summed E-state index contributed by atoms with van der Waals surface area (Å²) in [6.45, 7) is 2.05. The van der Waals surface area contributed by atoms with Crippen LogP contribution in [0.15, 0.2) is 78.9 Å². The Balaban J connectivity index is 1.50. The first-order chi connectivity index (χ1) is 14.5. The van der Waals surface area contributed by atoms with Crippen LogP contribution in [0.3, 0.4) is 0 Å². The van der Waals surface area contributed by atoms with Crippen molar-refractivity contribution in [1.82, 2.24) is 5.32 Å². The van der Waals surface area contributed by atoms with Crippen LogP contribution >= 0.6 is 0 Å². The number of anilines is 2. The fraction of sp³-hybridized carbons (Fsp3) is 0.167. The first kappa shape index (κ1) is 20.9. The molecule has 3 rings (SSSR count). The number of carbonyl (C=O) groups is 2. The van der Waals surface area contributed by atoms with Crippen LogP contribution in [-0.2, 0) is 4.79 Å². The van der Waals surface area contributed by atoms with E-state index in [-0.39, 0.29) is 24.4 Å². The maximum atomic E-state index is 12.5. The lowest BCUT2D eigenvalue weighted by molar-refractivity contribution is -0.114. The summed E-state index contributed by atoms with van der Waals surface area (Å²) in [6, 6.07) is 23.9. The fourth-order valence-corrected chi connectivity index (χ4v) is 2.93. The molecule has 1 unspecified atom stereocenters. The van der Waals surface area contributed by atoms with E-state index < -0.39 is 0 Å². The number of amides is 2. The fourth-order valence-electron chi connectivity index (χ4n) is 2.93. The number of benzene rings is 3. The van der Waals surface area contributed by atoms with Gasteiger partial charge in [0.05, 0.1) is 19.7 Å². The van der Waals surface area contributed by atoms with Gasteiger partial charge in [0.25, 0.3) is 5.91 Å². The van der Waals surface area contributed by atoms with Gasteiger partial charge in [0, 0.05) is 23.0 Å². The molecule has 0 aliphatic rings. The average Bonchev–Trinajstić information content (AvgIpc) is 2.78. The summed E-state index contributed by atoms with van der Waals surface area (Å²) in [5.74, 6) is 0.353. The normalized spacial score (nSPS) is 11.3. The third-order valence-corrected chi connectivity index (χ3v) is 4.60. The van der Waals surface area contributed by atoms with Gasteiger partial charge in [-0.25, -0.2) is 0 Å². The molecule has 2 amide bonds. The minimum atomic E-state index is -0.179. The molecule has 30 heavy (non-hydrogen) atoms. The van der Waals surface area contributed by atoms with E-state index in [0.29, 0.717) is 17.0 Å². The molecular weight excluding hydrogens is 378 g/mol. The Bertz CT molecular complexity index is 988. The Morgan fingerprint density at radius 1 is 0.900 bits per heavy atom. The second kappa shape index (κ2) is 10.1. The highest BCUT2D eigenvalue weighted by molar-refractivity contribution is 5.95. The summed E-state index contributed by atoms with van der Waals surface area (Å²) in [5.41, 5.74) is 3.03. The predicted octanol–water partition coefficient (Wildman–Crippen LogP) is 4.24. The molecule has 3 aromatic rings. The van der Waals surface area contributed by atoms with Crippen LogP contribution < -0.4 is 20.7 Å². The van der Waals surface area contributed by atoms with E-state index in [9.17, 15) is 9.59 Å². The number of methoxy groups -OCH3 is 1. The van der Waals surface area contributed by atoms with Gasteiger partial charge in [-0.1, -0.05) is 36.4 Å². The maximum absolute atomic E-state index is 12.5. The first-order valence-electron chi connectivity index (χ1n) is 9.69. The van der Waals surface area contributed by atoms with Crippen LogP contribution in [0.4, 0.5) is 11.4 Å². The Hall–Kier alpha value is -3.80. The van der Waals surface area contributed by atoms with E-state index >= 15 is 0 Å². The quantitative estimate of drug-likeness (QED) is 0.526. The molecule has 0 radical (unpaired) electrons. The molecule has 6 heteroatoms. The van der Waals surface area contributed by atoms with Crippen molar-refractivity contribution in [3.63, 3.8) is 0 Å². The lowest BCUT2D eigenvalue weighted by Gasteiger charge is -2.14. The molecule has 0 aliphatic heterocycles. The van der Waals surface area contributed by atoms with Gasteiger partial charge in [0.1, 0.15) is 5.75 Å². The van der Waals surface area contributed by atoms with Gasteiger partial charge in [-0.15, -0.1) is 0 Å². The van der Waals surface area contributed by atoms with Crippen molar-refractivity contribution >= 4 is 23.2 Å². The highest BCUT2D eigenvalue weighted by Crippen LogP contribution is 2.17. The van der Waals surface area contributed by atoms with E-state index in [1.54, 1.807) is 43.5 Å². The minimum Gasteiger partial charge on any atom is -0.497 e. The Kier molecular flexibility index (Phi) is 7.05. The zero-order valence-corrected chi connectivity index (χ0v) is 17.0. The molecule has 3 N–H and O–H groups in total. The summed E-state index contributed by atoms with van der Waals surface area (Å²) in [7, 11) is 1.58. The van der Waals surface area contributed by atoms with Gasteiger partial charge < -0.3 is 20.7 Å². The maximum Gasteiger partial charge on any atom is 0.251 e. The van der Waals surface area contributed by atoms with Gasteiger partial charge in [-0.3, -0.25) is 9.59 Å². The SMILES string of the molecule is COc1cccc(NC(=O)CNc2ccc(C(=O)NC(C)c3ccccc3)cc2)c1. The number of rotatable bonds is 8. The molecule has 3 aromatic carbocycles. The predicted molar refractivity (Wildman–Crippen MR) is 119 cm³/mol. The summed E-state index contributed by atoms with van der Waals surface area (Å²) in [5, 5.41) is 8.84. The van der Waals surface area contributed by atoms with Crippen LogP contribution in [0.5, 0.6) is 5.75 Å². The van der Waals surface area contributed by atoms with Crippen molar-refractivity contribution in [2.24, 2.45) is 0 Å². The van der Waals surface area contributed by atoms with Crippen molar-refractivity contribution < 1.29 is 14.3 Å². The number of hydrogen-bond acceptors (Lipinski definition) is 4. The molecule has 0 aliphatic carbocycles. The monoisotopic (exact) mass is 403 g/mol. The highest BCUT2D eigenvalue weighted by Gasteiger charge is 2.11. The zero-order chi connectivity index (χ0) is 21.3. The minimum absolute atomic E-state index is 0.0863. The molecule has 1 atom stereocenters. The molecule has 0 saturated heterocycles. The van der Waals surface area contributed by atoms with E-state index in [0.717, 1.165) is 11.3 Å². The van der Waals surface area contributed by atoms with Crippen LogP contribution in [0.1, 0.15) is 28.9 Å². The van der Waals surface area contributed by atoms with Gasteiger partial charge in [0.15, 0.2) is 0 Å². The highest BCUT2D eigenvalue weighted by atomic mass is 16.5. The largest absolute Gasteiger partial charge is 0.497 e. The number of hydrogen-bond donors (Lipinski definition) is 3. The van der Waals surface area contributed by atoms with Gasteiger partial charge in [-0.05, 0) is 48.9 Å². The molecule has 154 valence electrons. The van der Waals surface area contributed by atoms with Gasteiger partial charge >= 0.3 is 0 Å². The average molecular weight is 403 g/mol. The molecule has 0 saturated carbocycles. The van der Waals surface area contributed by atoms with Crippen molar-refractivity contribution in [1.29, 1.82) is 0 Å². The van der Waals surface area contributed by atoms with Gasteiger partial charge in [-0.2, -0.15) is 0 Å². The van der Waals surface area contributed by atoms with Crippen LogP contribution in [0.25, 0.3) is 0 Å². The smallest absolute Gasteiger partial charge is 0.251 e. The molecule has 0 bridgehead atoms. The third-order valence-electron chi connectivity index (χ3n) is 4.60. The first-order valence-corrected chi connectivity index (χ1v) is 9.69. The lowest BCUT2D eigenvalue weighted by atomic mass is 10.1. The molecule has 6 nitrogen and oxygen atoms in total. The van der Waals surface area contributed by atoms with Crippen molar-refractivity contribution in [2.75, 3.05) is 24.3 Å². The number of carbonyl (C=O) groups excluding carboxylic acids is 2. The second-order valence-electron chi connectivity index (χ2n) is 6.82. The van der Waals surface area contributed by atoms with Gasteiger partial charge in [0.2, 0.25) is 5.91 Å². The summed E-state index contributed by atoms with van der Waals surface area (Å²) >= 11 is 0. The summed E-state index contributed by atoms with van der Waals surface area (Å²) < 4.78 is 5.15. The van der Waals surface area contributed by atoms with E-state index in [2.05, 4.69) is 16.0 Å². The molecular formula is C24H25N3O3. The Morgan fingerprint density at radius 2 is 1.63 bits per heavy atom. The van der Waals surface area contributed by atoms with Crippen LogP contribution in [0.2, 0.25) is 0 Å². The summed E-state index contributed by atoms with van der Waals surface area (Å²) in [6.07, 6.45) is 0. The third kappa shape index (κ3) is 5.85. The zero-order valence-electron chi connectivity index (χ0n) is 17.0. The molecule has 0 fully saturated rings. The molecule has 0 aromatic heterocycles. The van der Waals surface area contributed by atoms with Crippen molar-refractivity contribution in [3.05, 3.63) is 90.0 Å². The van der Waals surface area contributed by atoms with Crippen molar-refractivity contribution in [3.8, 4) is 5.75 Å². The number of ether oxygens (including phenoxy) is 1. The topological polar surface area (TPSA) is 79.5 Å². The Labute approximate surface area is 176 Å². The van der Waals surface area contributed by atoms with Crippen LogP contribution in [-0.4, -0.2) is 25.5 Å². The standard InChI is InChI=1S/C24H25N3O3/c1-17(18-7-4-3-5-8-18)26-24(29)19-11-13-20(14-12-19)25-16-23(28)27-21-9-6-10-22(15-21)30-2/h3-15,17,25H,16H2,1-2H3,(H,26,29)(H,27,28). The van der Waals surface area contributed by atoms with E-state index in [4.69, 9.17) is 4.74 Å².